The van der Waals surface area contributed by atoms with Gasteiger partial charge in [-0.15, -0.1) is 13.2 Å². The Balaban J connectivity index is 2.14. The average molecular weight is 317 g/mol. The fraction of sp³-hybridized carbons (Fsp3) is 0.200. The highest BCUT2D eigenvalue weighted by molar-refractivity contribution is 6.31. The molecule has 2 aromatic carbocycles. The Bertz CT molecular complexity index is 614. The molecule has 0 spiro atoms. The highest BCUT2D eigenvalue weighted by atomic mass is 35.5. The normalized spacial score (nSPS) is 13.0. The first-order valence-electron chi connectivity index (χ1n) is 6.12. The first kappa shape index (κ1) is 15.7. The third-order valence-corrected chi connectivity index (χ3v) is 3.22. The van der Waals surface area contributed by atoms with Crippen LogP contribution in [0.2, 0.25) is 5.02 Å². The van der Waals surface area contributed by atoms with Crippen molar-refractivity contribution >= 4 is 11.6 Å². The lowest BCUT2D eigenvalue weighted by Gasteiger charge is -2.14. The smallest absolute Gasteiger partial charge is 0.406 e. The van der Waals surface area contributed by atoms with E-state index in [4.69, 9.17) is 11.6 Å². The van der Waals surface area contributed by atoms with Crippen LogP contribution in [0.25, 0.3) is 0 Å². The Hall–Kier alpha value is -1.72. The minimum absolute atomic E-state index is 0.204. The molecule has 0 radical (unpaired) electrons. The van der Waals surface area contributed by atoms with Gasteiger partial charge in [-0.2, -0.15) is 0 Å². The van der Waals surface area contributed by atoms with Crippen molar-refractivity contribution < 1.29 is 23.0 Å². The number of benzene rings is 2. The molecule has 2 nitrogen and oxygen atoms in total. The van der Waals surface area contributed by atoms with E-state index in [1.54, 1.807) is 24.3 Å². The molecule has 6 heteroatoms. The van der Waals surface area contributed by atoms with E-state index in [2.05, 4.69) is 4.74 Å². The fourth-order valence-corrected chi connectivity index (χ4v) is 2.12. The molecule has 0 amide bonds. The largest absolute Gasteiger partial charge is 0.573 e. The van der Waals surface area contributed by atoms with Gasteiger partial charge in [0.25, 0.3) is 0 Å². The maximum absolute atomic E-state index is 12.2. The van der Waals surface area contributed by atoms with Crippen LogP contribution in [0.5, 0.6) is 5.75 Å². The number of rotatable bonds is 4. The molecule has 1 N–H and O–H groups in total. The van der Waals surface area contributed by atoms with Crippen LogP contribution in [0.1, 0.15) is 17.2 Å². The van der Waals surface area contributed by atoms with Gasteiger partial charge in [0.2, 0.25) is 0 Å². The van der Waals surface area contributed by atoms with Gasteiger partial charge in [-0.05, 0) is 29.3 Å². The van der Waals surface area contributed by atoms with Gasteiger partial charge >= 0.3 is 6.36 Å². The van der Waals surface area contributed by atoms with Crippen LogP contribution in [-0.4, -0.2) is 11.5 Å². The van der Waals surface area contributed by atoms with E-state index in [1.165, 1.54) is 18.2 Å². The molecule has 0 aliphatic carbocycles. The summed E-state index contributed by atoms with van der Waals surface area (Å²) >= 11 is 5.99. The number of aliphatic hydroxyl groups is 1. The van der Waals surface area contributed by atoms with Crippen molar-refractivity contribution in [2.75, 3.05) is 0 Å². The summed E-state index contributed by atoms with van der Waals surface area (Å²) in [6, 6.07) is 12.2. The quantitative estimate of drug-likeness (QED) is 0.899. The predicted octanol–water partition coefficient (Wildman–Crippen LogP) is 4.51. The zero-order valence-electron chi connectivity index (χ0n) is 10.8. The highest BCUT2D eigenvalue weighted by Crippen LogP contribution is 2.28. The predicted molar refractivity (Wildman–Crippen MR) is 73.2 cm³/mol. The lowest BCUT2D eigenvalue weighted by Crippen LogP contribution is -2.17. The summed E-state index contributed by atoms with van der Waals surface area (Å²) in [5, 5.41) is 10.6. The van der Waals surface area contributed by atoms with E-state index in [9.17, 15) is 18.3 Å². The van der Waals surface area contributed by atoms with Gasteiger partial charge in [-0.25, -0.2) is 0 Å². The van der Waals surface area contributed by atoms with Crippen LogP contribution in [-0.2, 0) is 6.42 Å². The number of alkyl halides is 3. The van der Waals surface area contributed by atoms with Crippen molar-refractivity contribution in [3.63, 3.8) is 0 Å². The van der Waals surface area contributed by atoms with Gasteiger partial charge in [-0.3, -0.25) is 0 Å². The third-order valence-electron chi connectivity index (χ3n) is 2.85. The van der Waals surface area contributed by atoms with Crippen LogP contribution in [0.4, 0.5) is 13.2 Å². The molecule has 112 valence electrons. The van der Waals surface area contributed by atoms with E-state index in [-0.39, 0.29) is 12.2 Å². The van der Waals surface area contributed by atoms with E-state index >= 15 is 0 Å². The Morgan fingerprint density at radius 1 is 1.10 bits per heavy atom. The lowest BCUT2D eigenvalue weighted by molar-refractivity contribution is -0.274. The molecule has 0 aromatic heterocycles. The zero-order chi connectivity index (χ0) is 15.5. The third kappa shape index (κ3) is 4.65. The number of hydrogen-bond acceptors (Lipinski definition) is 2. The first-order chi connectivity index (χ1) is 9.85. The second-order valence-electron chi connectivity index (χ2n) is 4.43. The van der Waals surface area contributed by atoms with Crippen molar-refractivity contribution in [1.29, 1.82) is 0 Å². The van der Waals surface area contributed by atoms with Crippen molar-refractivity contribution in [3.05, 3.63) is 64.7 Å². The summed E-state index contributed by atoms with van der Waals surface area (Å²) < 4.78 is 40.3. The minimum Gasteiger partial charge on any atom is -0.406 e. The number of aliphatic hydroxyl groups excluding tert-OH is 1. The van der Waals surface area contributed by atoms with Gasteiger partial charge in [0.05, 0.1) is 6.10 Å². The molecule has 2 aromatic rings. The summed E-state index contributed by atoms with van der Waals surface area (Å²) in [4.78, 5) is 0. The number of hydrogen-bond donors (Lipinski definition) is 1. The van der Waals surface area contributed by atoms with Crippen LogP contribution >= 0.6 is 11.6 Å². The SMILES string of the molecule is OC(Cc1ccccc1Cl)c1cccc(OC(F)(F)F)c1. The van der Waals surface area contributed by atoms with E-state index in [0.717, 1.165) is 6.07 Å². The van der Waals surface area contributed by atoms with Crippen LogP contribution in [0.3, 0.4) is 0 Å². The second kappa shape index (κ2) is 6.37. The van der Waals surface area contributed by atoms with Crippen molar-refractivity contribution in [2.45, 2.75) is 18.9 Å². The van der Waals surface area contributed by atoms with E-state index < -0.39 is 12.5 Å². The molecule has 0 saturated carbocycles. The Morgan fingerprint density at radius 3 is 2.48 bits per heavy atom. The fourth-order valence-electron chi connectivity index (χ4n) is 1.91. The van der Waals surface area contributed by atoms with E-state index in [0.29, 0.717) is 16.1 Å². The maximum Gasteiger partial charge on any atom is 0.573 e. The zero-order valence-corrected chi connectivity index (χ0v) is 11.5. The second-order valence-corrected chi connectivity index (χ2v) is 4.84. The van der Waals surface area contributed by atoms with Crippen LogP contribution in [0, 0.1) is 0 Å². The van der Waals surface area contributed by atoms with Gasteiger partial charge in [0.15, 0.2) is 0 Å². The molecule has 1 atom stereocenters. The lowest BCUT2D eigenvalue weighted by atomic mass is 10.0. The Kier molecular flexibility index (Phi) is 4.75. The summed E-state index contributed by atoms with van der Waals surface area (Å²) in [6.45, 7) is 0. The van der Waals surface area contributed by atoms with Crippen molar-refractivity contribution in [2.24, 2.45) is 0 Å². The molecular formula is C15H12ClF3O2. The van der Waals surface area contributed by atoms with Gasteiger partial charge < -0.3 is 9.84 Å². The summed E-state index contributed by atoms with van der Waals surface area (Å²) in [7, 11) is 0. The monoisotopic (exact) mass is 316 g/mol. The highest BCUT2D eigenvalue weighted by Gasteiger charge is 2.31. The molecule has 2 rings (SSSR count). The number of ether oxygens (including phenoxy) is 1. The first-order valence-corrected chi connectivity index (χ1v) is 6.50. The number of halogens is 4. The summed E-state index contributed by atoms with van der Waals surface area (Å²) in [6.07, 6.45) is -5.52. The molecule has 0 saturated heterocycles. The maximum atomic E-state index is 12.2. The topological polar surface area (TPSA) is 29.5 Å². The van der Waals surface area contributed by atoms with Gasteiger partial charge in [0, 0.05) is 11.4 Å². The van der Waals surface area contributed by atoms with Crippen LogP contribution < -0.4 is 4.74 Å². The Morgan fingerprint density at radius 2 is 1.81 bits per heavy atom. The molecular weight excluding hydrogens is 305 g/mol. The molecule has 1 unspecified atom stereocenters. The van der Waals surface area contributed by atoms with Gasteiger partial charge in [0.1, 0.15) is 5.75 Å². The van der Waals surface area contributed by atoms with E-state index in [1.807, 2.05) is 0 Å². The van der Waals surface area contributed by atoms with Crippen LogP contribution in [0.15, 0.2) is 48.5 Å². The molecule has 0 aliphatic heterocycles. The Labute approximate surface area is 124 Å². The molecule has 0 heterocycles. The van der Waals surface area contributed by atoms with Gasteiger partial charge in [-0.1, -0.05) is 41.9 Å². The van der Waals surface area contributed by atoms with Crippen molar-refractivity contribution in [1.82, 2.24) is 0 Å². The molecule has 21 heavy (non-hydrogen) atoms. The molecule has 0 aliphatic rings. The average Bonchev–Trinajstić information content (AvgIpc) is 2.39. The summed E-state index contributed by atoms with van der Waals surface area (Å²) in [5.74, 6) is -0.363. The molecule has 0 fully saturated rings. The molecule has 0 bridgehead atoms. The van der Waals surface area contributed by atoms with Crippen molar-refractivity contribution in [3.8, 4) is 5.75 Å². The standard InChI is InChI=1S/C15H12ClF3O2/c16-13-7-2-1-4-10(13)9-14(20)11-5-3-6-12(8-11)21-15(17,18)19/h1-8,14,20H,9H2. The summed E-state index contributed by atoms with van der Waals surface area (Å²) in [5.41, 5.74) is 1.05. The minimum atomic E-state index is -4.76.